The van der Waals surface area contributed by atoms with E-state index in [4.69, 9.17) is 5.73 Å². The number of benzene rings is 1. The molecular formula is C15H11IN6O. The molecule has 0 saturated carbocycles. The molecule has 0 radical (unpaired) electrons. The molecule has 23 heavy (non-hydrogen) atoms. The van der Waals surface area contributed by atoms with Crippen molar-refractivity contribution >= 4 is 50.3 Å². The number of anilines is 1. The number of fused-ring (bicyclic) bond motifs is 2. The van der Waals surface area contributed by atoms with E-state index >= 15 is 0 Å². The maximum Gasteiger partial charge on any atom is 0.253 e. The molecule has 0 amide bonds. The summed E-state index contributed by atoms with van der Waals surface area (Å²) in [5.74, 6) is 0.387. The second-order valence-electron chi connectivity index (χ2n) is 5.12. The van der Waals surface area contributed by atoms with Gasteiger partial charge < -0.3 is 10.7 Å². The molecule has 4 aromatic rings. The van der Waals surface area contributed by atoms with Gasteiger partial charge in [0.2, 0.25) is 0 Å². The molecule has 3 aromatic heterocycles. The highest BCUT2D eigenvalue weighted by Crippen LogP contribution is 2.23. The second-order valence-corrected chi connectivity index (χ2v) is 6.14. The third-order valence-electron chi connectivity index (χ3n) is 3.67. The Kier molecular flexibility index (Phi) is 3.26. The molecule has 8 heteroatoms. The summed E-state index contributed by atoms with van der Waals surface area (Å²) >= 11 is 2.09. The lowest BCUT2D eigenvalue weighted by atomic mass is 10.1. The van der Waals surface area contributed by atoms with Gasteiger partial charge in [-0.05, 0) is 40.1 Å². The van der Waals surface area contributed by atoms with E-state index in [1.54, 1.807) is 4.68 Å². The lowest BCUT2D eigenvalue weighted by Gasteiger charge is -2.04. The van der Waals surface area contributed by atoms with E-state index in [1.807, 2.05) is 30.3 Å². The van der Waals surface area contributed by atoms with Gasteiger partial charge >= 0.3 is 0 Å². The van der Waals surface area contributed by atoms with Crippen LogP contribution in [0.1, 0.15) is 5.56 Å². The number of rotatable bonds is 2. The summed E-state index contributed by atoms with van der Waals surface area (Å²) in [5, 5.41) is 6.12. The molecule has 4 rings (SSSR count). The summed E-state index contributed by atoms with van der Waals surface area (Å²) in [6.07, 6.45) is 1.40. The van der Waals surface area contributed by atoms with Crippen molar-refractivity contribution < 1.29 is 0 Å². The molecule has 114 valence electrons. The highest BCUT2D eigenvalue weighted by Gasteiger charge is 2.14. The predicted molar refractivity (Wildman–Crippen MR) is 96.1 cm³/mol. The van der Waals surface area contributed by atoms with Gasteiger partial charge in [-0.15, -0.1) is 0 Å². The molecule has 0 spiro atoms. The number of aromatic amines is 1. The number of nitrogens with two attached hydrogens (primary N) is 1. The molecule has 0 saturated heterocycles. The summed E-state index contributed by atoms with van der Waals surface area (Å²) in [5.41, 5.74) is 7.80. The molecule has 7 nitrogen and oxygen atoms in total. The van der Waals surface area contributed by atoms with E-state index in [1.165, 1.54) is 6.33 Å². The number of aromatic nitrogens is 5. The zero-order valence-electron chi connectivity index (χ0n) is 11.8. The van der Waals surface area contributed by atoms with Crippen LogP contribution in [0.25, 0.3) is 21.9 Å². The number of nitrogen functional groups attached to an aromatic ring is 1. The molecule has 0 atom stereocenters. The van der Waals surface area contributed by atoms with Gasteiger partial charge in [0.15, 0.2) is 5.65 Å². The Morgan fingerprint density at radius 3 is 2.96 bits per heavy atom. The SMILES string of the molecule is Nc1ncnc2c1c(I)nn2Cc1cc2ccccc2[nH]c1=O. The fourth-order valence-corrected chi connectivity index (χ4v) is 3.35. The molecule has 0 aliphatic carbocycles. The molecule has 3 heterocycles. The second kappa shape index (κ2) is 5.30. The van der Waals surface area contributed by atoms with E-state index in [9.17, 15) is 4.79 Å². The van der Waals surface area contributed by atoms with Crippen molar-refractivity contribution in [2.75, 3.05) is 5.73 Å². The van der Waals surface area contributed by atoms with Crippen molar-refractivity contribution in [3.8, 4) is 0 Å². The largest absolute Gasteiger partial charge is 0.383 e. The van der Waals surface area contributed by atoms with Crippen LogP contribution in [0.5, 0.6) is 0 Å². The van der Waals surface area contributed by atoms with E-state index < -0.39 is 0 Å². The molecule has 1 aromatic carbocycles. The van der Waals surface area contributed by atoms with Crippen LogP contribution in [-0.2, 0) is 6.54 Å². The topological polar surface area (TPSA) is 102 Å². The number of halogens is 1. The minimum Gasteiger partial charge on any atom is -0.383 e. The van der Waals surface area contributed by atoms with Gasteiger partial charge in [0.25, 0.3) is 5.56 Å². The summed E-state index contributed by atoms with van der Waals surface area (Å²) in [6, 6.07) is 9.53. The van der Waals surface area contributed by atoms with Crippen LogP contribution in [-0.4, -0.2) is 24.7 Å². The maximum atomic E-state index is 12.3. The number of H-pyrrole nitrogens is 1. The fraction of sp³-hybridized carbons (Fsp3) is 0.0667. The molecular weight excluding hydrogens is 407 g/mol. The van der Waals surface area contributed by atoms with Crippen molar-refractivity contribution in [1.29, 1.82) is 0 Å². The van der Waals surface area contributed by atoms with Gasteiger partial charge in [0, 0.05) is 11.1 Å². The quantitative estimate of drug-likeness (QED) is 0.485. The van der Waals surface area contributed by atoms with Gasteiger partial charge in [-0.3, -0.25) is 4.79 Å². The van der Waals surface area contributed by atoms with Crippen LogP contribution in [0.3, 0.4) is 0 Å². The summed E-state index contributed by atoms with van der Waals surface area (Å²) in [6.45, 7) is 0.316. The highest BCUT2D eigenvalue weighted by molar-refractivity contribution is 14.1. The highest BCUT2D eigenvalue weighted by atomic mass is 127. The van der Waals surface area contributed by atoms with Crippen molar-refractivity contribution in [3.05, 3.63) is 56.3 Å². The smallest absolute Gasteiger partial charge is 0.253 e. The summed E-state index contributed by atoms with van der Waals surface area (Å²) < 4.78 is 2.39. The van der Waals surface area contributed by atoms with Crippen LogP contribution in [0, 0.1) is 3.70 Å². The zero-order chi connectivity index (χ0) is 16.0. The number of hydrogen-bond donors (Lipinski definition) is 2. The first kappa shape index (κ1) is 14.1. The lowest BCUT2D eigenvalue weighted by Crippen LogP contribution is -2.16. The van der Waals surface area contributed by atoms with E-state index in [-0.39, 0.29) is 5.56 Å². The van der Waals surface area contributed by atoms with Gasteiger partial charge in [-0.25, -0.2) is 14.6 Å². The van der Waals surface area contributed by atoms with Crippen molar-refractivity contribution in [3.63, 3.8) is 0 Å². The Bertz CT molecular complexity index is 1100. The van der Waals surface area contributed by atoms with Crippen LogP contribution >= 0.6 is 22.6 Å². The van der Waals surface area contributed by atoms with Crippen LogP contribution in [0.2, 0.25) is 0 Å². The van der Waals surface area contributed by atoms with Crippen LogP contribution < -0.4 is 11.3 Å². The summed E-state index contributed by atoms with van der Waals surface area (Å²) in [4.78, 5) is 23.4. The molecule has 0 fully saturated rings. The Morgan fingerprint density at radius 2 is 2.09 bits per heavy atom. The minimum absolute atomic E-state index is 0.135. The number of nitrogens with zero attached hydrogens (tertiary/aromatic N) is 4. The molecule has 0 bridgehead atoms. The predicted octanol–water partition coefficient (Wildman–Crippen LogP) is 1.90. The minimum atomic E-state index is -0.135. The molecule has 0 unspecified atom stereocenters. The number of hydrogen-bond acceptors (Lipinski definition) is 5. The van der Waals surface area contributed by atoms with Crippen LogP contribution in [0.15, 0.2) is 41.5 Å². The van der Waals surface area contributed by atoms with E-state index in [0.717, 1.165) is 10.9 Å². The Labute approximate surface area is 143 Å². The van der Waals surface area contributed by atoms with E-state index in [0.29, 0.717) is 32.7 Å². The number of nitrogens with one attached hydrogen (secondary N) is 1. The van der Waals surface area contributed by atoms with E-state index in [2.05, 4.69) is 42.6 Å². The lowest BCUT2D eigenvalue weighted by molar-refractivity contribution is 0.692. The Hall–Kier alpha value is -2.49. The average Bonchev–Trinajstić information content (AvgIpc) is 2.85. The van der Waals surface area contributed by atoms with Crippen molar-refractivity contribution in [1.82, 2.24) is 24.7 Å². The standard InChI is InChI=1S/C15H11IN6O/c16-12-11-13(17)18-7-19-14(11)22(21-12)6-9-5-8-3-1-2-4-10(8)20-15(9)23/h1-5,7H,6H2,(H,20,23)(H2,17,18,19). The van der Waals surface area contributed by atoms with Crippen molar-refractivity contribution in [2.45, 2.75) is 6.54 Å². The zero-order valence-corrected chi connectivity index (χ0v) is 14.0. The Morgan fingerprint density at radius 1 is 1.26 bits per heavy atom. The normalized spacial score (nSPS) is 11.3. The summed E-state index contributed by atoms with van der Waals surface area (Å²) in [7, 11) is 0. The van der Waals surface area contributed by atoms with Crippen molar-refractivity contribution in [2.24, 2.45) is 0 Å². The number of pyridine rings is 1. The first-order chi connectivity index (χ1) is 11.1. The Balaban J connectivity index is 1.87. The first-order valence-electron chi connectivity index (χ1n) is 6.87. The third kappa shape index (κ3) is 2.34. The van der Waals surface area contributed by atoms with Gasteiger partial charge in [-0.2, -0.15) is 5.10 Å². The van der Waals surface area contributed by atoms with Gasteiger partial charge in [0.05, 0.1) is 11.9 Å². The fourth-order valence-electron chi connectivity index (χ4n) is 2.57. The molecule has 0 aliphatic heterocycles. The number of para-hydroxylation sites is 1. The third-order valence-corrected chi connectivity index (χ3v) is 4.42. The first-order valence-corrected chi connectivity index (χ1v) is 7.95. The monoisotopic (exact) mass is 418 g/mol. The van der Waals surface area contributed by atoms with Crippen LogP contribution in [0.4, 0.5) is 5.82 Å². The average molecular weight is 418 g/mol. The van der Waals surface area contributed by atoms with Gasteiger partial charge in [-0.1, -0.05) is 18.2 Å². The van der Waals surface area contributed by atoms with Gasteiger partial charge in [0.1, 0.15) is 15.8 Å². The maximum absolute atomic E-state index is 12.3. The molecule has 3 N–H and O–H groups in total. The molecule has 0 aliphatic rings.